The van der Waals surface area contributed by atoms with Crippen LogP contribution in [-0.2, 0) is 14.6 Å². The Labute approximate surface area is 105 Å². The van der Waals surface area contributed by atoms with Crippen molar-refractivity contribution in [3.63, 3.8) is 0 Å². The fourth-order valence-electron chi connectivity index (χ4n) is 1.04. The first-order chi connectivity index (χ1) is 8.46. The van der Waals surface area contributed by atoms with E-state index in [0.717, 1.165) is 5.41 Å². The molecule has 0 fully saturated rings. The van der Waals surface area contributed by atoms with Crippen molar-refractivity contribution >= 4 is 21.6 Å². The number of amides is 1. The molecule has 0 spiro atoms. The maximum Gasteiger partial charge on any atom is 0.226 e. The molecule has 0 bridgehead atoms. The van der Waals surface area contributed by atoms with E-state index in [-0.39, 0.29) is 18.0 Å². The summed E-state index contributed by atoms with van der Waals surface area (Å²) in [7, 11) is -1.94. The number of nitrogens with one attached hydrogen (secondary N) is 1. The van der Waals surface area contributed by atoms with Gasteiger partial charge in [0.1, 0.15) is 12.1 Å². The highest BCUT2D eigenvalue weighted by atomic mass is 32.2. The smallest absolute Gasteiger partial charge is 0.226 e. The van der Waals surface area contributed by atoms with Gasteiger partial charge >= 0.3 is 0 Å². The van der Waals surface area contributed by atoms with Crippen LogP contribution in [0.4, 0.5) is 5.82 Å². The Balaban J connectivity index is 2.57. The molecule has 0 unspecified atom stereocenters. The maximum atomic E-state index is 11.5. The molecule has 0 aliphatic heterocycles. The second kappa shape index (κ2) is 6.10. The van der Waals surface area contributed by atoms with Crippen LogP contribution < -0.4 is 10.1 Å². The van der Waals surface area contributed by atoms with Crippen LogP contribution in [0.2, 0.25) is 0 Å². The molecule has 0 aromatic carbocycles. The van der Waals surface area contributed by atoms with E-state index in [0.29, 0.717) is 5.88 Å². The first-order valence-electron chi connectivity index (χ1n) is 4.98. The van der Waals surface area contributed by atoms with Gasteiger partial charge in [-0.2, -0.15) is 0 Å². The molecule has 0 aliphatic carbocycles. The molecule has 0 saturated carbocycles. The minimum Gasteiger partial charge on any atom is -0.481 e. The Kier molecular flexibility index (Phi) is 4.78. The van der Waals surface area contributed by atoms with Crippen molar-refractivity contribution in [1.29, 1.82) is 0 Å². The maximum absolute atomic E-state index is 11.5. The number of ether oxygens (including phenoxy) is 1. The zero-order valence-corrected chi connectivity index (χ0v) is 10.6. The van der Waals surface area contributed by atoms with Crippen molar-refractivity contribution in [3.8, 4) is 5.88 Å². The van der Waals surface area contributed by atoms with E-state index in [1.807, 2.05) is 0 Å². The van der Waals surface area contributed by atoms with Crippen molar-refractivity contribution in [2.75, 3.05) is 18.2 Å². The van der Waals surface area contributed by atoms with Crippen LogP contribution in [0.1, 0.15) is 6.42 Å². The van der Waals surface area contributed by atoms with Crippen LogP contribution in [0.5, 0.6) is 5.88 Å². The van der Waals surface area contributed by atoms with Gasteiger partial charge in [-0.25, -0.2) is 18.4 Å². The van der Waals surface area contributed by atoms with E-state index >= 15 is 0 Å². The van der Waals surface area contributed by atoms with Gasteiger partial charge in [-0.15, -0.1) is 0 Å². The lowest BCUT2D eigenvalue weighted by molar-refractivity contribution is -0.115. The van der Waals surface area contributed by atoms with Crippen molar-refractivity contribution in [2.24, 2.45) is 0 Å². The third-order valence-corrected chi connectivity index (χ3v) is 3.27. The lowest BCUT2D eigenvalue weighted by Crippen LogP contribution is -2.17. The van der Waals surface area contributed by atoms with Gasteiger partial charge < -0.3 is 10.1 Å². The number of hydrogen-bond acceptors (Lipinski definition) is 6. The van der Waals surface area contributed by atoms with Crippen molar-refractivity contribution < 1.29 is 17.9 Å². The number of carbonyl (C=O) groups is 1. The predicted molar refractivity (Wildman–Crippen MR) is 65.8 cm³/mol. The van der Waals surface area contributed by atoms with Gasteiger partial charge in [-0.3, -0.25) is 4.79 Å². The number of sulfone groups is 1. The first-order valence-corrected chi connectivity index (χ1v) is 6.69. The minimum absolute atomic E-state index is 0.166. The van der Waals surface area contributed by atoms with Gasteiger partial charge in [0.2, 0.25) is 11.8 Å². The number of hydrogen-bond donors (Lipinski definition) is 1. The van der Waals surface area contributed by atoms with Crippen LogP contribution in [0.15, 0.2) is 24.4 Å². The zero-order chi connectivity index (χ0) is 13.6. The third kappa shape index (κ3) is 4.50. The second-order valence-corrected chi connectivity index (χ2v) is 5.34. The first kappa shape index (κ1) is 14.1. The number of anilines is 1. The molecule has 1 aromatic rings. The second-order valence-electron chi connectivity index (χ2n) is 3.28. The molecule has 1 rings (SSSR count). The minimum atomic E-state index is -3.37. The van der Waals surface area contributed by atoms with E-state index in [1.165, 1.54) is 19.5 Å². The molecular formula is C10H13N3O4S. The SMILES string of the molecule is C=CS(=O)(=O)CCC(=O)Nc1cc(OC)ncn1. The number of aromatic nitrogens is 2. The molecule has 0 atom stereocenters. The Morgan fingerprint density at radius 2 is 2.28 bits per heavy atom. The third-order valence-electron chi connectivity index (χ3n) is 1.99. The number of methoxy groups -OCH3 is 1. The summed E-state index contributed by atoms with van der Waals surface area (Å²) in [6.45, 7) is 3.16. The zero-order valence-electron chi connectivity index (χ0n) is 9.79. The fourth-order valence-corrected chi connectivity index (χ4v) is 1.68. The Hall–Kier alpha value is -1.96. The van der Waals surface area contributed by atoms with Gasteiger partial charge in [0, 0.05) is 17.9 Å². The Morgan fingerprint density at radius 1 is 1.56 bits per heavy atom. The van der Waals surface area contributed by atoms with E-state index in [2.05, 4.69) is 21.9 Å². The van der Waals surface area contributed by atoms with Gasteiger partial charge in [0.05, 0.1) is 12.9 Å². The molecule has 0 saturated heterocycles. The van der Waals surface area contributed by atoms with Crippen molar-refractivity contribution in [1.82, 2.24) is 9.97 Å². The summed E-state index contributed by atoms with van der Waals surface area (Å²) in [6, 6.07) is 1.43. The number of carbonyl (C=O) groups excluding carboxylic acids is 1. The van der Waals surface area contributed by atoms with Gasteiger partial charge in [-0.05, 0) is 0 Å². The summed E-state index contributed by atoms with van der Waals surface area (Å²) < 4.78 is 27.1. The average molecular weight is 271 g/mol. The highest BCUT2D eigenvalue weighted by molar-refractivity contribution is 7.94. The highest BCUT2D eigenvalue weighted by Gasteiger charge is 2.10. The molecule has 7 nitrogen and oxygen atoms in total. The van der Waals surface area contributed by atoms with E-state index < -0.39 is 15.7 Å². The van der Waals surface area contributed by atoms with Crippen LogP contribution in [-0.4, -0.2) is 37.2 Å². The predicted octanol–water partition coefficient (Wildman–Crippen LogP) is 0.372. The molecule has 1 N–H and O–H groups in total. The van der Waals surface area contributed by atoms with E-state index in [9.17, 15) is 13.2 Å². The summed E-state index contributed by atoms with van der Waals surface area (Å²) in [5, 5.41) is 3.27. The average Bonchev–Trinajstić information content (AvgIpc) is 2.37. The monoisotopic (exact) mass is 271 g/mol. The standard InChI is InChI=1S/C10H13N3O4S/c1-3-18(15,16)5-4-9(14)13-8-6-10(17-2)12-7-11-8/h3,6-7H,1,4-5H2,2H3,(H,11,12,13,14). The lowest BCUT2D eigenvalue weighted by atomic mass is 10.4. The Morgan fingerprint density at radius 3 is 2.89 bits per heavy atom. The van der Waals surface area contributed by atoms with Gasteiger partial charge in [0.25, 0.3) is 0 Å². The molecule has 0 aliphatic rings. The van der Waals surface area contributed by atoms with E-state index in [1.54, 1.807) is 0 Å². The molecule has 1 amide bonds. The van der Waals surface area contributed by atoms with Crippen LogP contribution in [0.3, 0.4) is 0 Å². The summed E-state index contributed by atoms with van der Waals surface area (Å²) >= 11 is 0. The van der Waals surface area contributed by atoms with Gasteiger partial charge in [0.15, 0.2) is 9.84 Å². The molecular weight excluding hydrogens is 258 g/mol. The fraction of sp³-hybridized carbons (Fsp3) is 0.300. The number of rotatable bonds is 6. The normalized spacial score (nSPS) is 10.7. The topological polar surface area (TPSA) is 98.2 Å². The Bertz CT molecular complexity index is 542. The quantitative estimate of drug-likeness (QED) is 0.802. The summed E-state index contributed by atoms with van der Waals surface area (Å²) in [6.07, 6.45) is 1.07. The van der Waals surface area contributed by atoms with Crippen LogP contribution in [0.25, 0.3) is 0 Å². The molecule has 0 radical (unpaired) electrons. The van der Waals surface area contributed by atoms with E-state index in [4.69, 9.17) is 4.74 Å². The summed E-state index contributed by atoms with van der Waals surface area (Å²) in [4.78, 5) is 19.0. The highest BCUT2D eigenvalue weighted by Crippen LogP contribution is 2.10. The molecule has 8 heteroatoms. The molecule has 1 heterocycles. The van der Waals surface area contributed by atoms with Crippen molar-refractivity contribution in [3.05, 3.63) is 24.4 Å². The molecule has 18 heavy (non-hydrogen) atoms. The van der Waals surface area contributed by atoms with Crippen LogP contribution in [0, 0.1) is 0 Å². The lowest BCUT2D eigenvalue weighted by Gasteiger charge is -2.04. The van der Waals surface area contributed by atoms with Crippen LogP contribution >= 0.6 is 0 Å². The largest absolute Gasteiger partial charge is 0.481 e. The molecule has 1 aromatic heterocycles. The molecule has 98 valence electrons. The summed E-state index contributed by atoms with van der Waals surface area (Å²) in [5.74, 6) is -0.187. The van der Waals surface area contributed by atoms with Crippen molar-refractivity contribution in [2.45, 2.75) is 6.42 Å². The number of nitrogens with zero attached hydrogens (tertiary/aromatic N) is 2. The summed E-state index contributed by atoms with van der Waals surface area (Å²) in [5.41, 5.74) is 0. The van der Waals surface area contributed by atoms with Gasteiger partial charge in [-0.1, -0.05) is 6.58 Å².